The van der Waals surface area contributed by atoms with Crippen LogP contribution in [0.2, 0.25) is 0 Å². The topological polar surface area (TPSA) is 9.72 Å². The van der Waals surface area contributed by atoms with Crippen molar-refractivity contribution in [1.82, 2.24) is 9.80 Å². The van der Waals surface area contributed by atoms with Gasteiger partial charge in [0.15, 0.2) is 0 Å². The number of benzene rings is 1. The molecule has 1 aromatic carbocycles. The third kappa shape index (κ3) is 3.70. The largest absolute Gasteiger partial charge is 0.369 e. The first kappa shape index (κ1) is 15.8. The molecule has 1 atom stereocenters. The number of hydrogen-bond donors (Lipinski definition) is 0. The summed E-state index contributed by atoms with van der Waals surface area (Å²) in [4.78, 5) is 8.08. The molecular formula is C19H29N3S. The van der Waals surface area contributed by atoms with Crippen molar-refractivity contribution >= 4 is 17.4 Å². The highest BCUT2D eigenvalue weighted by Crippen LogP contribution is 2.27. The highest BCUT2D eigenvalue weighted by molar-refractivity contribution is 7.99. The Morgan fingerprint density at radius 3 is 2.09 bits per heavy atom. The predicted octanol–water partition coefficient (Wildman–Crippen LogP) is 2.78. The van der Waals surface area contributed by atoms with Crippen LogP contribution in [0.25, 0.3) is 0 Å². The average Bonchev–Trinajstić information content (AvgIpc) is 3.18. The molecule has 0 aliphatic carbocycles. The predicted molar refractivity (Wildman–Crippen MR) is 101 cm³/mol. The highest BCUT2D eigenvalue weighted by Gasteiger charge is 2.31. The van der Waals surface area contributed by atoms with Crippen molar-refractivity contribution in [2.75, 3.05) is 55.7 Å². The van der Waals surface area contributed by atoms with E-state index in [2.05, 4.69) is 56.8 Å². The number of hydrogen-bond acceptors (Lipinski definition) is 4. The first-order valence-electron chi connectivity index (χ1n) is 9.26. The van der Waals surface area contributed by atoms with Crippen molar-refractivity contribution < 1.29 is 0 Å². The van der Waals surface area contributed by atoms with E-state index in [4.69, 9.17) is 0 Å². The van der Waals surface area contributed by atoms with E-state index in [0.29, 0.717) is 0 Å². The summed E-state index contributed by atoms with van der Waals surface area (Å²) in [6.07, 6.45) is 4.18. The van der Waals surface area contributed by atoms with Gasteiger partial charge in [0.1, 0.15) is 0 Å². The zero-order valence-electron chi connectivity index (χ0n) is 14.1. The van der Waals surface area contributed by atoms with E-state index in [1.807, 2.05) is 0 Å². The fraction of sp³-hybridized carbons (Fsp3) is 0.684. The Kier molecular flexibility index (Phi) is 5.12. The monoisotopic (exact) mass is 331 g/mol. The zero-order valence-corrected chi connectivity index (χ0v) is 14.9. The van der Waals surface area contributed by atoms with Gasteiger partial charge in [-0.25, -0.2) is 0 Å². The number of likely N-dealkylation sites (tertiary alicyclic amines) is 1. The van der Waals surface area contributed by atoms with Gasteiger partial charge < -0.3 is 4.90 Å². The molecule has 0 N–H and O–H groups in total. The molecule has 4 heteroatoms. The lowest BCUT2D eigenvalue weighted by atomic mass is 10.0. The van der Waals surface area contributed by atoms with Gasteiger partial charge in [0.25, 0.3) is 0 Å². The molecule has 0 bridgehead atoms. The van der Waals surface area contributed by atoms with E-state index in [1.165, 1.54) is 75.7 Å². The van der Waals surface area contributed by atoms with Crippen LogP contribution in [-0.4, -0.2) is 72.7 Å². The fourth-order valence-electron chi connectivity index (χ4n) is 4.41. The molecular weight excluding hydrogens is 302 g/mol. The van der Waals surface area contributed by atoms with Crippen LogP contribution in [0.3, 0.4) is 0 Å². The van der Waals surface area contributed by atoms with Crippen molar-refractivity contribution in [3.05, 3.63) is 30.3 Å². The second kappa shape index (κ2) is 7.45. The fourth-order valence-corrected chi connectivity index (χ4v) is 5.67. The molecule has 3 aliphatic heterocycles. The highest BCUT2D eigenvalue weighted by atomic mass is 32.2. The standard InChI is InChI=1S/C19H29N3S/c1-2-4-17(5-3-1)21-11-13-22(14-12-21)18-6-9-20(10-7-18)19-8-15-23-16-19/h1-5,18-19H,6-16H2/t19-/m0/s1. The van der Waals surface area contributed by atoms with Gasteiger partial charge in [-0.1, -0.05) is 18.2 Å². The van der Waals surface area contributed by atoms with Crippen LogP contribution in [0.15, 0.2) is 30.3 Å². The summed E-state index contributed by atoms with van der Waals surface area (Å²) in [5, 5.41) is 0. The molecule has 3 nitrogen and oxygen atoms in total. The molecule has 0 unspecified atom stereocenters. The summed E-state index contributed by atoms with van der Waals surface area (Å²) < 4.78 is 0. The van der Waals surface area contributed by atoms with Gasteiger partial charge >= 0.3 is 0 Å². The number of thioether (sulfide) groups is 1. The van der Waals surface area contributed by atoms with Crippen LogP contribution in [0.4, 0.5) is 5.69 Å². The summed E-state index contributed by atoms with van der Waals surface area (Å²) in [5.41, 5.74) is 1.39. The number of para-hydroxylation sites is 1. The van der Waals surface area contributed by atoms with Crippen LogP contribution in [-0.2, 0) is 0 Å². The maximum absolute atomic E-state index is 2.77. The molecule has 0 spiro atoms. The number of anilines is 1. The van der Waals surface area contributed by atoms with Crippen molar-refractivity contribution in [3.63, 3.8) is 0 Å². The van der Waals surface area contributed by atoms with Gasteiger partial charge in [-0.3, -0.25) is 9.80 Å². The molecule has 3 saturated heterocycles. The van der Waals surface area contributed by atoms with Gasteiger partial charge in [-0.15, -0.1) is 0 Å². The van der Waals surface area contributed by atoms with E-state index in [1.54, 1.807) is 0 Å². The number of nitrogens with zero attached hydrogens (tertiary/aromatic N) is 3. The molecule has 0 saturated carbocycles. The Balaban J connectivity index is 1.25. The molecule has 3 aliphatic rings. The Hall–Kier alpha value is -0.710. The van der Waals surface area contributed by atoms with Gasteiger partial charge in [-0.05, 0) is 50.2 Å². The van der Waals surface area contributed by atoms with Gasteiger partial charge in [0, 0.05) is 49.7 Å². The van der Waals surface area contributed by atoms with Crippen molar-refractivity contribution in [1.29, 1.82) is 0 Å². The Labute approximate surface area is 145 Å². The van der Waals surface area contributed by atoms with Crippen molar-refractivity contribution in [2.45, 2.75) is 31.3 Å². The van der Waals surface area contributed by atoms with Crippen LogP contribution in [0, 0.1) is 0 Å². The SMILES string of the molecule is c1ccc(N2CCN(C3CCN([C@H]4CCSC4)CC3)CC2)cc1. The lowest BCUT2D eigenvalue weighted by molar-refractivity contribution is 0.0858. The molecule has 0 radical (unpaired) electrons. The minimum absolute atomic E-state index is 0.832. The lowest BCUT2D eigenvalue weighted by Gasteiger charge is -2.44. The smallest absolute Gasteiger partial charge is 0.0367 e. The average molecular weight is 332 g/mol. The molecule has 3 fully saturated rings. The number of rotatable bonds is 3. The minimum Gasteiger partial charge on any atom is -0.369 e. The Bertz CT molecular complexity index is 473. The first-order valence-corrected chi connectivity index (χ1v) is 10.4. The van der Waals surface area contributed by atoms with Gasteiger partial charge in [0.2, 0.25) is 0 Å². The summed E-state index contributed by atoms with van der Waals surface area (Å²) in [6.45, 7) is 7.49. The molecule has 126 valence electrons. The van der Waals surface area contributed by atoms with E-state index < -0.39 is 0 Å². The normalized spacial score (nSPS) is 28.3. The second-order valence-electron chi connectivity index (χ2n) is 7.14. The third-order valence-corrected chi connectivity index (χ3v) is 7.02. The first-order chi connectivity index (χ1) is 11.4. The molecule has 3 heterocycles. The van der Waals surface area contributed by atoms with Crippen molar-refractivity contribution in [2.24, 2.45) is 0 Å². The van der Waals surface area contributed by atoms with E-state index in [0.717, 1.165) is 12.1 Å². The molecule has 23 heavy (non-hydrogen) atoms. The van der Waals surface area contributed by atoms with Crippen LogP contribution >= 0.6 is 11.8 Å². The van der Waals surface area contributed by atoms with E-state index in [9.17, 15) is 0 Å². The van der Waals surface area contributed by atoms with Gasteiger partial charge in [0.05, 0.1) is 0 Å². The zero-order chi connectivity index (χ0) is 15.5. The van der Waals surface area contributed by atoms with Crippen LogP contribution in [0.1, 0.15) is 19.3 Å². The summed E-state index contributed by atoms with van der Waals surface area (Å²) in [6, 6.07) is 12.6. The lowest BCUT2D eigenvalue weighted by Crippen LogP contribution is -2.54. The summed E-state index contributed by atoms with van der Waals surface area (Å²) in [7, 11) is 0. The maximum Gasteiger partial charge on any atom is 0.0367 e. The summed E-state index contributed by atoms with van der Waals surface area (Å²) >= 11 is 2.15. The van der Waals surface area contributed by atoms with E-state index >= 15 is 0 Å². The quantitative estimate of drug-likeness (QED) is 0.842. The van der Waals surface area contributed by atoms with Crippen molar-refractivity contribution in [3.8, 4) is 0 Å². The third-order valence-electron chi connectivity index (χ3n) is 5.87. The molecule has 1 aromatic rings. The van der Waals surface area contributed by atoms with Crippen LogP contribution in [0.5, 0.6) is 0 Å². The number of piperazine rings is 1. The summed E-state index contributed by atoms with van der Waals surface area (Å²) in [5.74, 6) is 2.76. The molecule has 0 amide bonds. The van der Waals surface area contributed by atoms with Gasteiger partial charge in [-0.2, -0.15) is 11.8 Å². The molecule has 4 rings (SSSR count). The minimum atomic E-state index is 0.832. The maximum atomic E-state index is 2.77. The number of piperidine rings is 1. The van der Waals surface area contributed by atoms with E-state index in [-0.39, 0.29) is 0 Å². The molecule has 0 aromatic heterocycles. The second-order valence-corrected chi connectivity index (χ2v) is 8.29. The Morgan fingerprint density at radius 2 is 1.43 bits per heavy atom. The van der Waals surface area contributed by atoms with Crippen LogP contribution < -0.4 is 4.90 Å². The Morgan fingerprint density at radius 1 is 0.739 bits per heavy atom.